The molecule has 0 aromatic carbocycles. The highest BCUT2D eigenvalue weighted by molar-refractivity contribution is 7.98. The summed E-state index contributed by atoms with van der Waals surface area (Å²) in [5, 5.41) is 20.1. The Hall–Kier alpha value is -0.903. The first kappa shape index (κ1) is 39.1. The summed E-state index contributed by atoms with van der Waals surface area (Å²) < 4.78 is 18.2. The van der Waals surface area contributed by atoms with Gasteiger partial charge in [-0.3, -0.25) is 0 Å². The standard InChI is InChI=1S/C32H60O6SSi/c1-24(21-22-38-40(10,11)32(5,6)7)17-18-25(2)28(36-8)20-19-26(3)31(35)27(4)29(37-23-39-9)15-13-12-14-16-30(33)34/h12-14,16,18,24,26-29,31,35H,15,17,19-23H2,1-11H3,(H,33,34)/b13-12+,16-14+,25-18+/t24-,26-,27-,28+,29-,31-/m1/s1. The third kappa shape index (κ3) is 15.9. The van der Waals surface area contributed by atoms with Gasteiger partial charge in [0.2, 0.25) is 0 Å². The molecule has 0 bridgehead atoms. The summed E-state index contributed by atoms with van der Waals surface area (Å²) >= 11 is 1.60. The Balaban J connectivity index is 4.91. The second-order valence-electron chi connectivity index (χ2n) is 12.8. The molecule has 0 aliphatic carbocycles. The molecule has 2 N–H and O–H groups in total. The van der Waals surface area contributed by atoms with Crippen molar-refractivity contribution < 1.29 is 28.9 Å². The number of carboxylic acids is 1. The summed E-state index contributed by atoms with van der Waals surface area (Å²) in [5.74, 6) is 0.139. The highest BCUT2D eigenvalue weighted by Crippen LogP contribution is 2.36. The molecule has 0 aromatic heterocycles. The quantitative estimate of drug-likeness (QED) is 0.0453. The first-order chi connectivity index (χ1) is 18.6. The predicted octanol–water partition coefficient (Wildman–Crippen LogP) is 8.09. The monoisotopic (exact) mass is 600 g/mol. The molecule has 0 aromatic rings. The highest BCUT2D eigenvalue weighted by atomic mass is 32.2. The van der Waals surface area contributed by atoms with E-state index in [2.05, 4.69) is 60.7 Å². The summed E-state index contributed by atoms with van der Waals surface area (Å²) in [6, 6.07) is 0. The minimum Gasteiger partial charge on any atom is -0.478 e. The van der Waals surface area contributed by atoms with Crippen molar-refractivity contribution in [2.45, 2.75) is 117 Å². The maximum absolute atomic E-state index is 11.2. The van der Waals surface area contributed by atoms with E-state index in [1.807, 2.05) is 19.3 Å². The average Bonchev–Trinajstić information content (AvgIpc) is 2.87. The van der Waals surface area contributed by atoms with Crippen molar-refractivity contribution in [1.29, 1.82) is 0 Å². The minimum atomic E-state index is -1.70. The van der Waals surface area contributed by atoms with Crippen molar-refractivity contribution in [3.8, 4) is 0 Å². The van der Waals surface area contributed by atoms with Gasteiger partial charge in [-0.2, -0.15) is 0 Å². The van der Waals surface area contributed by atoms with E-state index in [1.54, 1.807) is 24.9 Å². The van der Waals surface area contributed by atoms with Gasteiger partial charge in [0.1, 0.15) is 0 Å². The van der Waals surface area contributed by atoms with E-state index in [0.29, 0.717) is 18.3 Å². The zero-order chi connectivity index (χ0) is 30.9. The van der Waals surface area contributed by atoms with Crippen molar-refractivity contribution in [2.24, 2.45) is 17.8 Å². The number of aliphatic hydroxyl groups excluding tert-OH is 1. The summed E-state index contributed by atoms with van der Waals surface area (Å²) in [4.78, 5) is 10.6. The number of allylic oxidation sites excluding steroid dienone is 3. The number of methoxy groups -OCH3 is 1. The van der Waals surface area contributed by atoms with Gasteiger partial charge in [0.05, 0.1) is 24.3 Å². The third-order valence-corrected chi connectivity index (χ3v) is 13.3. The molecule has 0 fully saturated rings. The normalized spacial score (nSPS) is 18.1. The van der Waals surface area contributed by atoms with Crippen molar-refractivity contribution in [1.82, 2.24) is 0 Å². The molecule has 0 saturated carbocycles. The van der Waals surface area contributed by atoms with Crippen LogP contribution in [0.5, 0.6) is 0 Å². The van der Waals surface area contributed by atoms with Crippen LogP contribution < -0.4 is 0 Å². The summed E-state index contributed by atoms with van der Waals surface area (Å²) in [7, 11) is 0.0657. The Morgan fingerprint density at radius 1 is 1.05 bits per heavy atom. The molecular weight excluding hydrogens is 540 g/mol. The fourth-order valence-corrected chi connectivity index (χ4v) is 5.61. The van der Waals surface area contributed by atoms with Gasteiger partial charge in [-0.25, -0.2) is 4.79 Å². The second kappa shape index (κ2) is 20.1. The molecule has 0 radical (unpaired) electrons. The fourth-order valence-electron chi connectivity index (χ4n) is 4.24. The van der Waals surface area contributed by atoms with Crippen LogP contribution in [0.25, 0.3) is 0 Å². The van der Waals surface area contributed by atoms with Gasteiger partial charge >= 0.3 is 5.97 Å². The Labute approximate surface area is 251 Å². The van der Waals surface area contributed by atoms with Gasteiger partial charge in [0.25, 0.3) is 0 Å². The predicted molar refractivity (Wildman–Crippen MR) is 173 cm³/mol. The van der Waals surface area contributed by atoms with Crippen LogP contribution in [0.2, 0.25) is 18.1 Å². The molecule has 0 aliphatic heterocycles. The molecule has 6 nitrogen and oxygen atoms in total. The SMILES string of the molecule is CO[C@@H](CC[C@@H](C)[C@@H](O)[C@H](C)[C@@H](C/C=C/C=C/C(=O)O)OCSC)/C(C)=C/C[C@@H](C)CCO[Si](C)(C)C(C)(C)C. The zero-order valence-electron chi connectivity index (χ0n) is 27.2. The number of aliphatic hydroxyl groups is 1. The van der Waals surface area contributed by atoms with Crippen LogP contribution in [0.3, 0.4) is 0 Å². The van der Waals surface area contributed by atoms with E-state index in [-0.39, 0.29) is 29.1 Å². The van der Waals surface area contributed by atoms with Crippen LogP contribution in [-0.4, -0.2) is 68.7 Å². The maximum Gasteiger partial charge on any atom is 0.328 e. The van der Waals surface area contributed by atoms with Crippen LogP contribution in [0.15, 0.2) is 36.0 Å². The third-order valence-electron chi connectivity index (χ3n) is 8.36. The Bertz CT molecular complexity index is 789. The van der Waals surface area contributed by atoms with Gasteiger partial charge < -0.3 is 24.1 Å². The number of ether oxygens (including phenoxy) is 2. The molecule has 234 valence electrons. The minimum absolute atomic E-state index is 0.0353. The number of hydrogen-bond acceptors (Lipinski definition) is 6. The van der Waals surface area contributed by atoms with Gasteiger partial charge in [-0.1, -0.05) is 65.8 Å². The highest BCUT2D eigenvalue weighted by Gasteiger charge is 2.37. The number of thioether (sulfide) groups is 1. The lowest BCUT2D eigenvalue weighted by atomic mass is 9.84. The Morgan fingerprint density at radius 3 is 2.25 bits per heavy atom. The van der Waals surface area contributed by atoms with E-state index in [9.17, 15) is 9.90 Å². The average molecular weight is 601 g/mol. The number of carboxylic acid groups (broad SMARTS) is 1. The molecule has 0 unspecified atom stereocenters. The lowest BCUT2D eigenvalue weighted by Gasteiger charge is -2.36. The smallest absolute Gasteiger partial charge is 0.328 e. The number of rotatable bonds is 21. The van der Waals surface area contributed by atoms with E-state index in [1.165, 1.54) is 11.6 Å². The molecule has 40 heavy (non-hydrogen) atoms. The molecule has 0 aliphatic rings. The van der Waals surface area contributed by atoms with E-state index >= 15 is 0 Å². The molecule has 0 saturated heterocycles. The zero-order valence-corrected chi connectivity index (χ0v) is 29.1. The molecule has 0 spiro atoms. The van der Waals surface area contributed by atoms with Gasteiger partial charge in [0, 0.05) is 25.7 Å². The molecular formula is C32H60O6SSi. The van der Waals surface area contributed by atoms with Crippen LogP contribution in [0.4, 0.5) is 0 Å². The lowest BCUT2D eigenvalue weighted by molar-refractivity contribution is -0.131. The molecule has 0 rings (SSSR count). The van der Waals surface area contributed by atoms with Crippen LogP contribution >= 0.6 is 11.8 Å². The summed E-state index contributed by atoms with van der Waals surface area (Å²) in [6.45, 7) is 20.8. The number of hydrogen-bond donors (Lipinski definition) is 2. The fraction of sp³-hybridized carbons (Fsp3) is 0.781. The molecule has 8 heteroatoms. The molecule has 0 amide bonds. The van der Waals surface area contributed by atoms with Crippen LogP contribution in [0, 0.1) is 17.8 Å². The van der Waals surface area contributed by atoms with Gasteiger partial charge in [-0.05, 0) is 80.8 Å². The Kier molecular flexibility index (Phi) is 19.6. The first-order valence-electron chi connectivity index (χ1n) is 14.7. The topological polar surface area (TPSA) is 85.2 Å². The van der Waals surface area contributed by atoms with E-state index in [0.717, 1.165) is 38.4 Å². The number of carbonyl (C=O) groups is 1. The first-order valence-corrected chi connectivity index (χ1v) is 19.1. The van der Waals surface area contributed by atoms with Crippen LogP contribution in [-0.2, 0) is 18.7 Å². The molecule has 6 atom stereocenters. The Morgan fingerprint density at radius 2 is 1.70 bits per heavy atom. The van der Waals surface area contributed by atoms with E-state index < -0.39 is 20.4 Å². The largest absolute Gasteiger partial charge is 0.478 e. The van der Waals surface area contributed by atoms with Crippen molar-refractivity contribution in [2.75, 3.05) is 25.9 Å². The summed E-state index contributed by atoms with van der Waals surface area (Å²) in [6.07, 6.45) is 14.2. The summed E-state index contributed by atoms with van der Waals surface area (Å²) in [5.41, 5.74) is 1.25. The molecule has 0 heterocycles. The van der Waals surface area contributed by atoms with Crippen molar-refractivity contribution in [3.63, 3.8) is 0 Å². The van der Waals surface area contributed by atoms with Gasteiger partial charge in [-0.15, -0.1) is 11.8 Å². The van der Waals surface area contributed by atoms with E-state index in [4.69, 9.17) is 19.0 Å². The number of aliphatic carboxylic acids is 1. The second-order valence-corrected chi connectivity index (χ2v) is 18.4. The maximum atomic E-state index is 11.2. The van der Waals surface area contributed by atoms with Crippen molar-refractivity contribution >= 4 is 26.0 Å². The van der Waals surface area contributed by atoms with Crippen molar-refractivity contribution in [3.05, 3.63) is 36.0 Å². The lowest BCUT2D eigenvalue weighted by Crippen LogP contribution is -2.41. The van der Waals surface area contributed by atoms with Crippen LogP contribution in [0.1, 0.15) is 80.6 Å². The van der Waals surface area contributed by atoms with Gasteiger partial charge in [0.15, 0.2) is 8.32 Å².